The van der Waals surface area contributed by atoms with Crippen molar-refractivity contribution in [1.82, 2.24) is 4.98 Å². The smallest absolute Gasteiger partial charge is 0.135 e. The summed E-state index contributed by atoms with van der Waals surface area (Å²) >= 11 is 0. The Balaban J connectivity index is 2.08. The largest absolute Gasteiger partial charge is 0.497 e. The fourth-order valence-electron chi connectivity index (χ4n) is 2.27. The van der Waals surface area contributed by atoms with E-state index in [4.69, 9.17) is 4.74 Å². The number of ether oxygens (including phenoxy) is 1. The molecule has 2 rings (SSSR count). The Morgan fingerprint density at radius 1 is 1.35 bits per heavy atom. The summed E-state index contributed by atoms with van der Waals surface area (Å²) in [5.74, 6) is 1.01. The Kier molecular flexibility index (Phi) is 4.56. The molecule has 1 N–H and O–H groups in total. The van der Waals surface area contributed by atoms with Crippen molar-refractivity contribution < 1.29 is 9.53 Å². The normalized spacial score (nSPS) is 11.8. The lowest BCUT2D eigenvalue weighted by atomic mass is 10.1. The van der Waals surface area contributed by atoms with Gasteiger partial charge in [-0.05, 0) is 44.0 Å². The first-order chi connectivity index (χ1) is 9.60. The highest BCUT2D eigenvalue weighted by molar-refractivity contribution is 5.99. The summed E-state index contributed by atoms with van der Waals surface area (Å²) in [7, 11) is 1.67. The lowest BCUT2D eigenvalue weighted by Gasteiger charge is -2.01. The molecule has 1 aromatic carbocycles. The van der Waals surface area contributed by atoms with E-state index < -0.39 is 0 Å². The molecule has 0 amide bonds. The van der Waals surface area contributed by atoms with Crippen molar-refractivity contribution in [1.29, 1.82) is 0 Å². The molecule has 0 aliphatic carbocycles. The van der Waals surface area contributed by atoms with Gasteiger partial charge in [-0.25, -0.2) is 0 Å². The minimum Gasteiger partial charge on any atom is -0.497 e. The molecule has 0 spiro atoms. The predicted molar refractivity (Wildman–Crippen MR) is 81.8 cm³/mol. The molecule has 0 saturated carbocycles. The molecule has 1 aromatic heterocycles. The van der Waals surface area contributed by atoms with Crippen LogP contribution in [0.25, 0.3) is 10.9 Å². The zero-order valence-electron chi connectivity index (χ0n) is 12.2. The number of ketones is 1. The van der Waals surface area contributed by atoms with E-state index in [0.717, 1.165) is 23.4 Å². The Bertz CT molecular complexity index is 641. The molecule has 1 heterocycles. The predicted octanol–water partition coefficient (Wildman–Crippen LogP) is 3.16. The van der Waals surface area contributed by atoms with E-state index in [0.29, 0.717) is 13.0 Å². The highest BCUT2D eigenvalue weighted by atomic mass is 16.5. The van der Waals surface area contributed by atoms with Gasteiger partial charge in [0.05, 0.1) is 7.11 Å². The van der Waals surface area contributed by atoms with Gasteiger partial charge in [0.15, 0.2) is 0 Å². The summed E-state index contributed by atoms with van der Waals surface area (Å²) in [6, 6.07) is 5.99. The number of fused-ring (bicyclic) bond motifs is 1. The first-order valence-electron chi connectivity index (χ1n) is 6.73. The maximum Gasteiger partial charge on any atom is 0.135 e. The SMILES string of the molecule is COc1ccc2[nH]cc(CCN=C(C)CC(C)=O)c2c1. The van der Waals surface area contributed by atoms with Crippen LogP contribution in [0.2, 0.25) is 0 Å². The summed E-state index contributed by atoms with van der Waals surface area (Å²) < 4.78 is 5.25. The first kappa shape index (κ1) is 14.3. The van der Waals surface area contributed by atoms with Crippen molar-refractivity contribution in [2.24, 2.45) is 4.99 Å². The van der Waals surface area contributed by atoms with Crippen LogP contribution in [-0.4, -0.2) is 30.1 Å². The highest BCUT2D eigenvalue weighted by Gasteiger charge is 2.05. The van der Waals surface area contributed by atoms with E-state index >= 15 is 0 Å². The zero-order chi connectivity index (χ0) is 14.5. The van der Waals surface area contributed by atoms with Crippen LogP contribution in [0.4, 0.5) is 0 Å². The Labute approximate surface area is 118 Å². The maximum absolute atomic E-state index is 11.0. The van der Waals surface area contributed by atoms with E-state index in [1.54, 1.807) is 14.0 Å². The van der Waals surface area contributed by atoms with Crippen molar-refractivity contribution in [3.05, 3.63) is 30.0 Å². The second-order valence-electron chi connectivity index (χ2n) is 4.97. The van der Waals surface area contributed by atoms with Crippen LogP contribution in [-0.2, 0) is 11.2 Å². The topological polar surface area (TPSA) is 54.4 Å². The first-order valence-corrected chi connectivity index (χ1v) is 6.73. The molecule has 0 radical (unpaired) electrons. The molecule has 0 aliphatic heterocycles. The lowest BCUT2D eigenvalue weighted by Crippen LogP contribution is -2.01. The standard InChI is InChI=1S/C16H20N2O2/c1-11(8-12(2)19)17-7-6-13-10-18-16-5-4-14(20-3)9-15(13)16/h4-5,9-10,18H,6-8H2,1-3H3. The Morgan fingerprint density at radius 3 is 2.85 bits per heavy atom. The summed E-state index contributed by atoms with van der Waals surface area (Å²) in [5, 5.41) is 1.17. The van der Waals surface area contributed by atoms with Crippen LogP contribution < -0.4 is 4.74 Å². The van der Waals surface area contributed by atoms with Crippen molar-refractivity contribution in [3.63, 3.8) is 0 Å². The number of nitrogens with one attached hydrogen (secondary N) is 1. The van der Waals surface area contributed by atoms with Crippen molar-refractivity contribution in [2.75, 3.05) is 13.7 Å². The zero-order valence-corrected chi connectivity index (χ0v) is 12.2. The van der Waals surface area contributed by atoms with E-state index in [9.17, 15) is 4.79 Å². The maximum atomic E-state index is 11.0. The molecule has 4 nitrogen and oxygen atoms in total. The summed E-state index contributed by atoms with van der Waals surface area (Å²) in [5.41, 5.74) is 3.22. The van der Waals surface area contributed by atoms with E-state index in [1.165, 1.54) is 10.9 Å². The van der Waals surface area contributed by atoms with Crippen LogP contribution in [0.3, 0.4) is 0 Å². The number of carbonyl (C=O) groups is 1. The van der Waals surface area contributed by atoms with Crippen LogP contribution in [0.1, 0.15) is 25.8 Å². The summed E-state index contributed by atoms with van der Waals surface area (Å²) in [6.45, 7) is 4.19. The highest BCUT2D eigenvalue weighted by Crippen LogP contribution is 2.23. The molecule has 0 bridgehead atoms. The van der Waals surface area contributed by atoms with Gasteiger partial charge < -0.3 is 9.72 Å². The van der Waals surface area contributed by atoms with Crippen molar-refractivity contribution >= 4 is 22.4 Å². The fraction of sp³-hybridized carbons (Fsp3) is 0.375. The molecule has 0 atom stereocenters. The Hall–Kier alpha value is -2.10. The van der Waals surface area contributed by atoms with Gasteiger partial charge in [0.25, 0.3) is 0 Å². The van der Waals surface area contributed by atoms with Gasteiger partial charge in [-0.3, -0.25) is 9.79 Å². The average molecular weight is 272 g/mol. The Morgan fingerprint density at radius 2 is 2.15 bits per heavy atom. The van der Waals surface area contributed by atoms with Gasteiger partial charge >= 0.3 is 0 Å². The summed E-state index contributed by atoms with van der Waals surface area (Å²) in [6.07, 6.45) is 3.31. The molecule has 20 heavy (non-hydrogen) atoms. The molecule has 0 saturated heterocycles. The van der Waals surface area contributed by atoms with Crippen LogP contribution in [0.15, 0.2) is 29.4 Å². The number of hydrogen-bond donors (Lipinski definition) is 1. The number of aromatic nitrogens is 1. The lowest BCUT2D eigenvalue weighted by molar-refractivity contribution is -0.115. The molecular weight excluding hydrogens is 252 g/mol. The fourth-order valence-corrected chi connectivity index (χ4v) is 2.27. The van der Waals surface area contributed by atoms with Crippen LogP contribution in [0.5, 0.6) is 5.75 Å². The van der Waals surface area contributed by atoms with Crippen LogP contribution >= 0.6 is 0 Å². The molecule has 0 fully saturated rings. The molecule has 4 heteroatoms. The number of rotatable bonds is 6. The third kappa shape index (κ3) is 3.47. The van der Waals surface area contributed by atoms with Crippen molar-refractivity contribution in [3.8, 4) is 5.75 Å². The molecule has 0 aliphatic rings. The molecule has 2 aromatic rings. The number of Topliss-reactive ketones (excluding diaryl/α,β-unsaturated/α-hetero) is 1. The number of nitrogens with zero attached hydrogens (tertiary/aromatic N) is 1. The minimum absolute atomic E-state index is 0.156. The van der Waals surface area contributed by atoms with Gasteiger partial charge in [0.1, 0.15) is 11.5 Å². The number of aliphatic imine (C=N–C) groups is 1. The molecule has 106 valence electrons. The van der Waals surface area contributed by atoms with Gasteiger partial charge in [-0.2, -0.15) is 0 Å². The average Bonchev–Trinajstić information content (AvgIpc) is 2.80. The number of H-pyrrole nitrogens is 1. The summed E-state index contributed by atoms with van der Waals surface area (Å²) in [4.78, 5) is 18.7. The third-order valence-electron chi connectivity index (χ3n) is 3.24. The van der Waals surface area contributed by atoms with Gasteiger partial charge in [0, 0.05) is 35.8 Å². The van der Waals surface area contributed by atoms with Crippen molar-refractivity contribution in [2.45, 2.75) is 26.7 Å². The van der Waals surface area contributed by atoms with E-state index in [1.807, 2.05) is 31.3 Å². The van der Waals surface area contributed by atoms with Crippen LogP contribution in [0, 0.1) is 0 Å². The van der Waals surface area contributed by atoms with Gasteiger partial charge in [-0.1, -0.05) is 0 Å². The second kappa shape index (κ2) is 6.37. The van der Waals surface area contributed by atoms with E-state index in [2.05, 4.69) is 9.98 Å². The number of methoxy groups -OCH3 is 1. The quantitative estimate of drug-likeness (QED) is 0.821. The van der Waals surface area contributed by atoms with Gasteiger partial charge in [-0.15, -0.1) is 0 Å². The van der Waals surface area contributed by atoms with E-state index in [-0.39, 0.29) is 5.78 Å². The number of carbonyl (C=O) groups excluding carboxylic acids is 1. The number of benzene rings is 1. The molecular formula is C16H20N2O2. The van der Waals surface area contributed by atoms with Gasteiger partial charge in [0.2, 0.25) is 0 Å². The third-order valence-corrected chi connectivity index (χ3v) is 3.24. The monoisotopic (exact) mass is 272 g/mol. The molecule has 0 unspecified atom stereocenters. The number of aromatic amines is 1. The minimum atomic E-state index is 0.156. The second-order valence-corrected chi connectivity index (χ2v) is 4.97. The number of hydrogen-bond acceptors (Lipinski definition) is 3.